The third-order valence-corrected chi connectivity index (χ3v) is 4.57. The van der Waals surface area contributed by atoms with Crippen LogP contribution < -0.4 is 10.6 Å². The smallest absolute Gasteiger partial charge is 0.253 e. The van der Waals surface area contributed by atoms with E-state index in [0.29, 0.717) is 12.0 Å². The van der Waals surface area contributed by atoms with Gasteiger partial charge in [0.05, 0.1) is 0 Å². The van der Waals surface area contributed by atoms with Gasteiger partial charge in [-0.25, -0.2) is 0 Å². The third kappa shape index (κ3) is 2.99. The van der Waals surface area contributed by atoms with E-state index in [1.54, 1.807) is 6.07 Å². The number of hydrogen-bond acceptors (Lipinski definition) is 3. The van der Waals surface area contributed by atoms with Gasteiger partial charge in [0.2, 0.25) is 5.91 Å². The van der Waals surface area contributed by atoms with E-state index in [9.17, 15) is 14.7 Å². The summed E-state index contributed by atoms with van der Waals surface area (Å²) in [4.78, 5) is 23.6. The molecule has 2 amide bonds. The van der Waals surface area contributed by atoms with E-state index in [1.165, 1.54) is 25.0 Å². The van der Waals surface area contributed by atoms with Gasteiger partial charge in [-0.3, -0.25) is 9.59 Å². The highest BCUT2D eigenvalue weighted by Crippen LogP contribution is 2.40. The van der Waals surface area contributed by atoms with Crippen LogP contribution in [0.2, 0.25) is 0 Å². The van der Waals surface area contributed by atoms with Crippen LogP contribution in [0.5, 0.6) is 0 Å². The van der Waals surface area contributed by atoms with E-state index in [-0.39, 0.29) is 17.2 Å². The standard InChI is InChI=1S/C17H22N2O3/c1-16(2,22)19-15(21)12-3-4-13-8-17(6-5-11(13)7-12)9-14(20)18-10-17/h3-4,7,22H,5-6,8-10H2,1-2H3,(H,18,20)(H,19,21)/t17-/m0/s1. The zero-order chi connectivity index (χ0) is 16.0. The van der Waals surface area contributed by atoms with Crippen molar-refractivity contribution in [3.8, 4) is 0 Å². The Kier molecular flexibility index (Phi) is 3.48. The van der Waals surface area contributed by atoms with Crippen LogP contribution in [0.15, 0.2) is 18.2 Å². The SMILES string of the molecule is CC(C)(O)NC(=O)c1ccc2c(c1)CC[C@]1(CNC(=O)C1)C2. The first-order valence-electron chi connectivity index (χ1n) is 7.70. The number of rotatable bonds is 2. The molecule has 22 heavy (non-hydrogen) atoms. The van der Waals surface area contributed by atoms with Crippen molar-refractivity contribution in [2.24, 2.45) is 5.41 Å². The van der Waals surface area contributed by atoms with Crippen LogP contribution in [0.4, 0.5) is 0 Å². The fourth-order valence-electron chi connectivity index (χ4n) is 3.47. The Balaban J connectivity index is 1.79. The molecule has 1 atom stereocenters. The summed E-state index contributed by atoms with van der Waals surface area (Å²) in [5.41, 5.74) is 1.79. The molecule has 1 aromatic carbocycles. The number of nitrogens with one attached hydrogen (secondary N) is 2. The normalized spacial score (nSPS) is 24.0. The van der Waals surface area contributed by atoms with Crippen LogP contribution in [0.1, 0.15) is 48.2 Å². The van der Waals surface area contributed by atoms with Crippen LogP contribution in [-0.4, -0.2) is 29.2 Å². The average molecular weight is 302 g/mol. The average Bonchev–Trinajstić information content (AvgIpc) is 2.77. The molecule has 0 radical (unpaired) electrons. The number of aryl methyl sites for hydroxylation is 1. The number of carbonyl (C=O) groups is 2. The first-order chi connectivity index (χ1) is 10.3. The highest BCUT2D eigenvalue weighted by Gasteiger charge is 2.40. The second-order valence-corrected chi connectivity index (χ2v) is 7.13. The molecule has 0 unspecified atom stereocenters. The second-order valence-electron chi connectivity index (χ2n) is 7.13. The van der Waals surface area contributed by atoms with Gasteiger partial charge in [0.1, 0.15) is 5.72 Å². The molecular weight excluding hydrogens is 280 g/mol. The zero-order valence-electron chi connectivity index (χ0n) is 13.0. The number of amides is 2. The molecule has 1 spiro atoms. The minimum Gasteiger partial charge on any atom is -0.372 e. The topological polar surface area (TPSA) is 78.4 Å². The maximum Gasteiger partial charge on any atom is 0.253 e. The van der Waals surface area contributed by atoms with Crippen molar-refractivity contribution in [2.75, 3.05) is 6.54 Å². The Morgan fingerprint density at radius 1 is 1.32 bits per heavy atom. The van der Waals surface area contributed by atoms with Crippen LogP contribution in [0.25, 0.3) is 0 Å². The van der Waals surface area contributed by atoms with E-state index in [0.717, 1.165) is 25.8 Å². The molecule has 3 rings (SSSR count). The maximum absolute atomic E-state index is 12.1. The van der Waals surface area contributed by atoms with Crippen molar-refractivity contribution in [1.82, 2.24) is 10.6 Å². The lowest BCUT2D eigenvalue weighted by Gasteiger charge is -2.33. The minimum atomic E-state index is -1.23. The van der Waals surface area contributed by atoms with Gasteiger partial charge < -0.3 is 15.7 Å². The fraction of sp³-hybridized carbons (Fsp3) is 0.529. The Morgan fingerprint density at radius 3 is 2.73 bits per heavy atom. The molecule has 1 saturated heterocycles. The third-order valence-electron chi connectivity index (χ3n) is 4.57. The summed E-state index contributed by atoms with van der Waals surface area (Å²) in [6.07, 6.45) is 3.34. The molecule has 0 saturated carbocycles. The number of hydrogen-bond donors (Lipinski definition) is 3. The minimum absolute atomic E-state index is 0.0565. The van der Waals surface area contributed by atoms with E-state index in [2.05, 4.69) is 10.6 Å². The molecule has 0 bridgehead atoms. The first kappa shape index (κ1) is 15.0. The molecule has 1 aliphatic heterocycles. The summed E-state index contributed by atoms with van der Waals surface area (Å²) >= 11 is 0. The van der Waals surface area contributed by atoms with Gasteiger partial charge in [-0.15, -0.1) is 0 Å². The molecule has 5 nitrogen and oxygen atoms in total. The summed E-state index contributed by atoms with van der Waals surface area (Å²) in [7, 11) is 0. The van der Waals surface area contributed by atoms with Gasteiger partial charge in [0.25, 0.3) is 5.91 Å². The Hall–Kier alpha value is -1.88. The number of aliphatic hydroxyl groups is 1. The summed E-state index contributed by atoms with van der Waals surface area (Å²) in [6.45, 7) is 3.83. The van der Waals surface area contributed by atoms with Gasteiger partial charge in [-0.05, 0) is 56.4 Å². The maximum atomic E-state index is 12.1. The molecular formula is C17H22N2O3. The van der Waals surface area contributed by atoms with Crippen molar-refractivity contribution in [1.29, 1.82) is 0 Å². The van der Waals surface area contributed by atoms with Crippen molar-refractivity contribution in [3.63, 3.8) is 0 Å². The molecule has 1 fully saturated rings. The van der Waals surface area contributed by atoms with Crippen LogP contribution in [0, 0.1) is 5.41 Å². The summed E-state index contributed by atoms with van der Waals surface area (Å²) in [5, 5.41) is 15.2. The second kappa shape index (κ2) is 5.09. The van der Waals surface area contributed by atoms with Gasteiger partial charge in [0, 0.05) is 23.9 Å². The molecule has 1 aliphatic carbocycles. The lowest BCUT2D eigenvalue weighted by Crippen LogP contribution is -2.43. The Bertz CT molecular complexity index is 633. The van der Waals surface area contributed by atoms with Crippen molar-refractivity contribution < 1.29 is 14.7 Å². The van der Waals surface area contributed by atoms with Crippen LogP contribution in [-0.2, 0) is 17.6 Å². The van der Waals surface area contributed by atoms with Gasteiger partial charge in [-0.1, -0.05) is 6.07 Å². The van der Waals surface area contributed by atoms with Crippen LogP contribution in [0.3, 0.4) is 0 Å². The number of benzene rings is 1. The highest BCUT2D eigenvalue weighted by molar-refractivity contribution is 5.94. The van der Waals surface area contributed by atoms with Crippen LogP contribution >= 0.6 is 0 Å². The van der Waals surface area contributed by atoms with Gasteiger partial charge >= 0.3 is 0 Å². The molecule has 5 heteroatoms. The summed E-state index contributed by atoms with van der Waals surface area (Å²) < 4.78 is 0. The Morgan fingerprint density at radius 2 is 2.09 bits per heavy atom. The Labute approximate surface area is 130 Å². The van der Waals surface area contributed by atoms with Crippen molar-refractivity contribution >= 4 is 11.8 Å². The molecule has 2 aliphatic rings. The van der Waals surface area contributed by atoms with Crippen molar-refractivity contribution in [2.45, 2.75) is 45.3 Å². The lowest BCUT2D eigenvalue weighted by atomic mass is 9.71. The highest BCUT2D eigenvalue weighted by atomic mass is 16.3. The molecule has 1 heterocycles. The number of carbonyl (C=O) groups excluding carboxylic acids is 2. The molecule has 0 aromatic heterocycles. The van der Waals surface area contributed by atoms with E-state index < -0.39 is 5.72 Å². The van der Waals surface area contributed by atoms with E-state index in [1.807, 2.05) is 12.1 Å². The monoisotopic (exact) mass is 302 g/mol. The molecule has 118 valence electrons. The predicted octanol–water partition coefficient (Wildman–Crippen LogP) is 1.14. The van der Waals surface area contributed by atoms with Crippen molar-refractivity contribution in [3.05, 3.63) is 34.9 Å². The fourth-order valence-corrected chi connectivity index (χ4v) is 3.47. The summed E-state index contributed by atoms with van der Waals surface area (Å²) in [6, 6.07) is 5.69. The quantitative estimate of drug-likeness (QED) is 0.717. The first-order valence-corrected chi connectivity index (χ1v) is 7.70. The van der Waals surface area contributed by atoms with Gasteiger partial charge in [-0.2, -0.15) is 0 Å². The van der Waals surface area contributed by atoms with E-state index in [4.69, 9.17) is 0 Å². The number of fused-ring (bicyclic) bond motifs is 1. The lowest BCUT2D eigenvalue weighted by molar-refractivity contribution is -0.119. The largest absolute Gasteiger partial charge is 0.372 e. The van der Waals surface area contributed by atoms with Gasteiger partial charge in [0.15, 0.2) is 0 Å². The molecule has 1 aromatic rings. The molecule has 3 N–H and O–H groups in total. The van der Waals surface area contributed by atoms with E-state index >= 15 is 0 Å². The zero-order valence-corrected chi connectivity index (χ0v) is 13.0. The predicted molar refractivity (Wildman–Crippen MR) is 82.3 cm³/mol. The summed E-state index contributed by atoms with van der Waals surface area (Å²) in [5.74, 6) is -0.127.